The van der Waals surface area contributed by atoms with Gasteiger partial charge in [-0.1, -0.05) is 19.8 Å². The van der Waals surface area contributed by atoms with Crippen LogP contribution >= 0.6 is 0 Å². The molecule has 2 aliphatic rings. The van der Waals surface area contributed by atoms with Crippen LogP contribution in [0.2, 0.25) is 0 Å². The molecule has 88 valence electrons. The Morgan fingerprint density at radius 2 is 1.93 bits per heavy atom. The molecule has 2 saturated heterocycles. The lowest BCUT2D eigenvalue weighted by atomic mass is 9.92. The van der Waals surface area contributed by atoms with Crippen molar-refractivity contribution < 1.29 is 0 Å². The van der Waals surface area contributed by atoms with Gasteiger partial charge in [0, 0.05) is 18.6 Å². The molecule has 0 radical (unpaired) electrons. The van der Waals surface area contributed by atoms with Crippen LogP contribution in [-0.4, -0.2) is 36.6 Å². The average Bonchev–Trinajstić information content (AvgIpc) is 2.44. The first-order valence-electron chi connectivity index (χ1n) is 6.75. The lowest BCUT2D eigenvalue weighted by Crippen LogP contribution is -2.53. The van der Waals surface area contributed by atoms with Gasteiger partial charge in [0.25, 0.3) is 0 Å². The van der Waals surface area contributed by atoms with E-state index in [4.69, 9.17) is 0 Å². The van der Waals surface area contributed by atoms with Gasteiger partial charge in [-0.05, 0) is 45.2 Å². The maximum Gasteiger partial charge on any atom is 0.0249 e. The summed E-state index contributed by atoms with van der Waals surface area (Å²) in [5, 5.41) is 3.56. The van der Waals surface area contributed by atoms with Crippen LogP contribution < -0.4 is 5.32 Å². The highest BCUT2D eigenvalue weighted by Crippen LogP contribution is 2.24. The van der Waals surface area contributed by atoms with E-state index in [1.165, 1.54) is 51.7 Å². The van der Waals surface area contributed by atoms with Crippen molar-refractivity contribution in [2.75, 3.05) is 19.6 Å². The van der Waals surface area contributed by atoms with Crippen molar-refractivity contribution in [1.29, 1.82) is 0 Å². The fourth-order valence-electron chi connectivity index (χ4n) is 3.21. The third-order valence-electron chi connectivity index (χ3n) is 4.32. The average molecular weight is 210 g/mol. The molecule has 0 aromatic carbocycles. The summed E-state index contributed by atoms with van der Waals surface area (Å²) < 4.78 is 0. The second kappa shape index (κ2) is 5.31. The molecule has 3 unspecified atom stereocenters. The lowest BCUT2D eigenvalue weighted by molar-refractivity contribution is 0.0878. The minimum absolute atomic E-state index is 0.798. The Morgan fingerprint density at radius 1 is 1.07 bits per heavy atom. The molecule has 0 spiro atoms. The predicted molar refractivity (Wildman–Crippen MR) is 65.1 cm³/mol. The van der Waals surface area contributed by atoms with Crippen LogP contribution in [0, 0.1) is 5.92 Å². The minimum Gasteiger partial charge on any atom is -0.315 e. The van der Waals surface area contributed by atoms with Crippen molar-refractivity contribution in [3.8, 4) is 0 Å². The molecule has 1 N–H and O–H groups in total. The second-order valence-corrected chi connectivity index (χ2v) is 5.47. The first-order valence-corrected chi connectivity index (χ1v) is 6.75. The van der Waals surface area contributed by atoms with Gasteiger partial charge >= 0.3 is 0 Å². The molecule has 0 amide bonds. The van der Waals surface area contributed by atoms with Crippen LogP contribution in [-0.2, 0) is 0 Å². The molecule has 0 bridgehead atoms. The Balaban J connectivity index is 1.98. The Morgan fingerprint density at radius 3 is 2.73 bits per heavy atom. The normalized spacial score (nSPS) is 40.0. The van der Waals surface area contributed by atoms with Gasteiger partial charge in [0.2, 0.25) is 0 Å². The van der Waals surface area contributed by atoms with E-state index in [0.29, 0.717) is 0 Å². The van der Waals surface area contributed by atoms with Crippen LogP contribution in [0.15, 0.2) is 0 Å². The summed E-state index contributed by atoms with van der Waals surface area (Å²) in [6, 6.07) is 1.60. The van der Waals surface area contributed by atoms with Gasteiger partial charge in [0.1, 0.15) is 0 Å². The van der Waals surface area contributed by atoms with Gasteiger partial charge in [-0.3, -0.25) is 4.90 Å². The standard InChI is InChI=1S/C13H26N2/c1-11-7-8-14-10-13(11)15-9-5-3-4-6-12(15)2/h11-14H,3-10H2,1-2H3. The van der Waals surface area contributed by atoms with Gasteiger partial charge in [-0.2, -0.15) is 0 Å². The van der Waals surface area contributed by atoms with Crippen LogP contribution in [0.1, 0.15) is 46.0 Å². The van der Waals surface area contributed by atoms with Gasteiger partial charge in [-0.25, -0.2) is 0 Å². The topological polar surface area (TPSA) is 15.3 Å². The summed E-state index contributed by atoms with van der Waals surface area (Å²) in [6.45, 7) is 8.62. The second-order valence-electron chi connectivity index (χ2n) is 5.47. The number of rotatable bonds is 1. The van der Waals surface area contributed by atoms with E-state index in [-0.39, 0.29) is 0 Å². The highest BCUT2D eigenvalue weighted by atomic mass is 15.2. The molecule has 3 atom stereocenters. The number of nitrogens with one attached hydrogen (secondary N) is 1. The number of hydrogen-bond donors (Lipinski definition) is 1. The molecule has 2 fully saturated rings. The Labute approximate surface area is 94.4 Å². The monoisotopic (exact) mass is 210 g/mol. The van der Waals surface area contributed by atoms with Crippen molar-refractivity contribution in [3.05, 3.63) is 0 Å². The van der Waals surface area contributed by atoms with Crippen molar-refractivity contribution in [2.24, 2.45) is 5.92 Å². The summed E-state index contributed by atoms with van der Waals surface area (Å²) in [5.41, 5.74) is 0. The molecule has 2 aliphatic heterocycles. The highest BCUT2D eigenvalue weighted by molar-refractivity contribution is 4.87. The number of piperidine rings is 1. The molecule has 0 aromatic heterocycles. The Hall–Kier alpha value is -0.0800. The molecular formula is C13H26N2. The van der Waals surface area contributed by atoms with E-state index in [1.54, 1.807) is 0 Å². The molecule has 2 heteroatoms. The van der Waals surface area contributed by atoms with Crippen LogP contribution in [0.5, 0.6) is 0 Å². The summed E-state index contributed by atoms with van der Waals surface area (Å²) in [5.74, 6) is 0.881. The van der Waals surface area contributed by atoms with Crippen molar-refractivity contribution in [2.45, 2.75) is 58.0 Å². The third kappa shape index (κ3) is 2.73. The van der Waals surface area contributed by atoms with E-state index < -0.39 is 0 Å². The predicted octanol–water partition coefficient (Wildman–Crippen LogP) is 2.25. The van der Waals surface area contributed by atoms with Crippen molar-refractivity contribution in [1.82, 2.24) is 10.2 Å². The molecule has 0 aliphatic carbocycles. The SMILES string of the molecule is CC1CCNCC1N1CCCCCC1C. The highest BCUT2D eigenvalue weighted by Gasteiger charge is 2.30. The molecule has 2 rings (SSSR count). The number of hydrogen-bond acceptors (Lipinski definition) is 2. The summed E-state index contributed by atoms with van der Waals surface area (Å²) in [4.78, 5) is 2.78. The first kappa shape index (κ1) is 11.4. The molecule has 0 saturated carbocycles. The number of likely N-dealkylation sites (tertiary alicyclic amines) is 1. The van der Waals surface area contributed by atoms with E-state index in [9.17, 15) is 0 Å². The van der Waals surface area contributed by atoms with Gasteiger partial charge in [-0.15, -0.1) is 0 Å². The zero-order valence-corrected chi connectivity index (χ0v) is 10.3. The fraction of sp³-hybridized carbons (Fsp3) is 1.00. The maximum atomic E-state index is 3.56. The lowest BCUT2D eigenvalue weighted by Gasteiger charge is -2.41. The van der Waals surface area contributed by atoms with E-state index >= 15 is 0 Å². The van der Waals surface area contributed by atoms with Crippen molar-refractivity contribution in [3.63, 3.8) is 0 Å². The smallest absolute Gasteiger partial charge is 0.0249 e. The molecule has 0 aromatic rings. The Kier molecular flexibility index (Phi) is 4.04. The molecule has 2 heterocycles. The van der Waals surface area contributed by atoms with E-state index in [0.717, 1.165) is 18.0 Å². The molecule has 2 nitrogen and oxygen atoms in total. The minimum atomic E-state index is 0.798. The third-order valence-corrected chi connectivity index (χ3v) is 4.32. The van der Waals surface area contributed by atoms with Gasteiger partial charge in [0.15, 0.2) is 0 Å². The van der Waals surface area contributed by atoms with Crippen LogP contribution in [0.3, 0.4) is 0 Å². The van der Waals surface area contributed by atoms with E-state index in [2.05, 4.69) is 24.1 Å². The van der Waals surface area contributed by atoms with Gasteiger partial charge < -0.3 is 5.32 Å². The Bertz CT molecular complexity index is 193. The van der Waals surface area contributed by atoms with Crippen LogP contribution in [0.4, 0.5) is 0 Å². The van der Waals surface area contributed by atoms with E-state index in [1.807, 2.05) is 0 Å². The zero-order chi connectivity index (χ0) is 10.7. The summed E-state index contributed by atoms with van der Waals surface area (Å²) in [7, 11) is 0. The zero-order valence-electron chi connectivity index (χ0n) is 10.3. The summed E-state index contributed by atoms with van der Waals surface area (Å²) >= 11 is 0. The summed E-state index contributed by atoms with van der Waals surface area (Å²) in [6.07, 6.45) is 7.05. The van der Waals surface area contributed by atoms with Gasteiger partial charge in [0.05, 0.1) is 0 Å². The van der Waals surface area contributed by atoms with Crippen LogP contribution in [0.25, 0.3) is 0 Å². The first-order chi connectivity index (χ1) is 7.29. The quantitative estimate of drug-likeness (QED) is 0.714. The largest absolute Gasteiger partial charge is 0.315 e. The fourth-order valence-corrected chi connectivity index (χ4v) is 3.21. The molecular weight excluding hydrogens is 184 g/mol. The number of nitrogens with zero attached hydrogens (tertiary/aromatic N) is 1. The maximum absolute atomic E-state index is 3.56. The van der Waals surface area contributed by atoms with Crippen molar-refractivity contribution >= 4 is 0 Å². The molecule has 15 heavy (non-hydrogen) atoms.